The minimum Gasteiger partial charge on any atom is -0.208 e. The quantitative estimate of drug-likeness (QED) is 0.211. The number of nitrogens with zero attached hydrogens (tertiary/aromatic N) is 3. The van der Waals surface area contributed by atoms with Crippen LogP contribution in [-0.4, -0.2) is 15.0 Å². The highest BCUT2D eigenvalue weighted by atomic mass is 35.5. The van der Waals surface area contributed by atoms with Crippen LogP contribution in [-0.2, 0) is 0 Å². The lowest BCUT2D eigenvalue weighted by Crippen LogP contribution is -1.98. The van der Waals surface area contributed by atoms with Crippen molar-refractivity contribution in [3.05, 3.63) is 151 Å². The predicted molar refractivity (Wildman–Crippen MR) is 179 cm³/mol. The van der Waals surface area contributed by atoms with Gasteiger partial charge in [0, 0.05) is 11.1 Å². The average molecular weight is 570 g/mol. The Morgan fingerprint density at radius 1 is 0.349 bits per heavy atom. The Kier molecular flexibility index (Phi) is 6.17. The molecule has 43 heavy (non-hydrogen) atoms. The first kappa shape index (κ1) is 25.3. The number of benzene rings is 7. The maximum Gasteiger partial charge on any atom is 0.226 e. The van der Waals surface area contributed by atoms with Gasteiger partial charge >= 0.3 is 0 Å². The van der Waals surface area contributed by atoms with Crippen molar-refractivity contribution in [2.45, 2.75) is 0 Å². The van der Waals surface area contributed by atoms with E-state index in [1.165, 1.54) is 38.1 Å². The second kappa shape index (κ2) is 10.5. The van der Waals surface area contributed by atoms with Gasteiger partial charge in [-0.15, -0.1) is 0 Å². The maximum atomic E-state index is 6.54. The van der Waals surface area contributed by atoms with E-state index in [0.717, 1.165) is 27.6 Å². The summed E-state index contributed by atoms with van der Waals surface area (Å²) in [7, 11) is 0. The summed E-state index contributed by atoms with van der Waals surface area (Å²) in [5.74, 6) is 1.09. The summed E-state index contributed by atoms with van der Waals surface area (Å²) in [6.07, 6.45) is 0. The van der Waals surface area contributed by atoms with Crippen molar-refractivity contribution in [3.8, 4) is 45.0 Å². The number of halogens is 1. The number of hydrogen-bond donors (Lipinski definition) is 0. The van der Waals surface area contributed by atoms with E-state index in [-0.39, 0.29) is 5.28 Å². The average Bonchev–Trinajstić information content (AvgIpc) is 3.07. The lowest BCUT2D eigenvalue weighted by atomic mass is 9.93. The molecule has 0 aliphatic heterocycles. The number of aromatic nitrogens is 3. The third kappa shape index (κ3) is 4.61. The summed E-state index contributed by atoms with van der Waals surface area (Å²) in [5, 5.41) is 7.29. The van der Waals surface area contributed by atoms with Crippen molar-refractivity contribution in [1.82, 2.24) is 15.0 Å². The molecule has 0 N–H and O–H groups in total. The van der Waals surface area contributed by atoms with Gasteiger partial charge in [0.1, 0.15) is 0 Å². The number of hydrogen-bond acceptors (Lipinski definition) is 3. The molecule has 3 nitrogen and oxygen atoms in total. The number of rotatable bonds is 4. The molecule has 1 heterocycles. The largest absolute Gasteiger partial charge is 0.226 e. The molecule has 0 aliphatic rings. The van der Waals surface area contributed by atoms with Crippen molar-refractivity contribution >= 4 is 43.9 Å². The normalized spacial score (nSPS) is 11.4. The smallest absolute Gasteiger partial charge is 0.208 e. The molecule has 0 spiro atoms. The highest BCUT2D eigenvalue weighted by molar-refractivity contribution is 6.28. The van der Waals surface area contributed by atoms with Gasteiger partial charge in [-0.3, -0.25) is 0 Å². The maximum absolute atomic E-state index is 6.54. The van der Waals surface area contributed by atoms with Crippen LogP contribution in [0.3, 0.4) is 0 Å². The summed E-state index contributed by atoms with van der Waals surface area (Å²) in [4.78, 5) is 14.1. The molecule has 8 aromatic rings. The van der Waals surface area contributed by atoms with E-state index >= 15 is 0 Å². The summed E-state index contributed by atoms with van der Waals surface area (Å²) in [6.45, 7) is 0. The molecule has 202 valence electrons. The molecule has 0 fully saturated rings. The molecule has 0 bridgehead atoms. The highest BCUT2D eigenvalue weighted by Crippen LogP contribution is 2.36. The van der Waals surface area contributed by atoms with Crippen LogP contribution in [0.5, 0.6) is 0 Å². The Hall–Kier alpha value is -5.38. The van der Waals surface area contributed by atoms with Crippen LogP contribution in [0.2, 0.25) is 5.28 Å². The van der Waals surface area contributed by atoms with Crippen LogP contribution in [0.25, 0.3) is 77.3 Å². The first-order valence-electron chi connectivity index (χ1n) is 14.2. The third-order valence-corrected chi connectivity index (χ3v) is 8.22. The second-order valence-corrected chi connectivity index (χ2v) is 11.0. The molecule has 7 aromatic carbocycles. The van der Waals surface area contributed by atoms with E-state index in [9.17, 15) is 0 Å². The van der Waals surface area contributed by atoms with Crippen LogP contribution >= 0.6 is 11.6 Å². The van der Waals surface area contributed by atoms with E-state index in [0.29, 0.717) is 11.6 Å². The molecule has 0 amide bonds. The lowest BCUT2D eigenvalue weighted by Gasteiger charge is -2.12. The minimum atomic E-state index is 0.165. The van der Waals surface area contributed by atoms with Gasteiger partial charge in [-0.2, -0.15) is 9.97 Å². The zero-order valence-corrected chi connectivity index (χ0v) is 23.8. The van der Waals surface area contributed by atoms with Gasteiger partial charge in [-0.05, 0) is 78.3 Å². The van der Waals surface area contributed by atoms with E-state index in [1.54, 1.807) is 0 Å². The SMILES string of the molecule is Clc1nc(-c2ccc3c(-c4cccc5ccccc45)cccc3c2)nc(-c2ccccc2-c2ccc3ccccc3c2)n1. The van der Waals surface area contributed by atoms with Crippen LogP contribution < -0.4 is 0 Å². The van der Waals surface area contributed by atoms with Crippen molar-refractivity contribution in [1.29, 1.82) is 0 Å². The number of fused-ring (bicyclic) bond motifs is 3. The Morgan fingerprint density at radius 2 is 0.907 bits per heavy atom. The topological polar surface area (TPSA) is 38.7 Å². The summed E-state index contributed by atoms with van der Waals surface area (Å²) in [5.41, 5.74) is 6.34. The van der Waals surface area contributed by atoms with Crippen molar-refractivity contribution in [2.24, 2.45) is 0 Å². The van der Waals surface area contributed by atoms with Gasteiger partial charge in [0.25, 0.3) is 0 Å². The molecule has 0 saturated heterocycles. The van der Waals surface area contributed by atoms with Crippen molar-refractivity contribution < 1.29 is 0 Å². The highest BCUT2D eigenvalue weighted by Gasteiger charge is 2.15. The monoisotopic (exact) mass is 569 g/mol. The fraction of sp³-hybridized carbons (Fsp3) is 0. The Bertz CT molecular complexity index is 2320. The van der Waals surface area contributed by atoms with Gasteiger partial charge in [-0.1, -0.05) is 133 Å². The van der Waals surface area contributed by atoms with Gasteiger partial charge in [0.2, 0.25) is 5.28 Å². The lowest BCUT2D eigenvalue weighted by molar-refractivity contribution is 1.07. The molecular formula is C39H24ClN3. The van der Waals surface area contributed by atoms with Gasteiger partial charge in [0.05, 0.1) is 0 Å². The molecule has 0 saturated carbocycles. The van der Waals surface area contributed by atoms with Crippen LogP contribution in [0.4, 0.5) is 0 Å². The molecule has 8 rings (SSSR count). The van der Waals surface area contributed by atoms with Crippen LogP contribution in [0, 0.1) is 0 Å². The van der Waals surface area contributed by atoms with Crippen molar-refractivity contribution in [3.63, 3.8) is 0 Å². The standard InChI is InChI=1S/C39H24ClN3/c40-39-42-37(41-38(43-39)36-16-6-5-15-32(36)29-20-19-25-9-1-2-11-27(25)23-29)30-21-22-33-28(24-30)13-8-18-35(33)34-17-7-12-26-10-3-4-14-31(26)34/h1-24H. The Balaban J connectivity index is 1.23. The molecule has 0 unspecified atom stereocenters. The fourth-order valence-electron chi connectivity index (χ4n) is 6.00. The Morgan fingerprint density at radius 3 is 1.74 bits per heavy atom. The fourth-order valence-corrected chi connectivity index (χ4v) is 6.16. The molecular weight excluding hydrogens is 546 g/mol. The molecule has 4 heteroatoms. The summed E-state index contributed by atoms with van der Waals surface area (Å²) < 4.78 is 0. The zero-order chi connectivity index (χ0) is 28.8. The summed E-state index contributed by atoms with van der Waals surface area (Å²) in [6, 6.07) is 50.8. The summed E-state index contributed by atoms with van der Waals surface area (Å²) >= 11 is 6.54. The van der Waals surface area contributed by atoms with Gasteiger partial charge < -0.3 is 0 Å². The van der Waals surface area contributed by atoms with Gasteiger partial charge in [-0.25, -0.2) is 4.98 Å². The first-order valence-corrected chi connectivity index (χ1v) is 14.6. The van der Waals surface area contributed by atoms with Crippen LogP contribution in [0.15, 0.2) is 146 Å². The second-order valence-electron chi connectivity index (χ2n) is 10.6. The zero-order valence-electron chi connectivity index (χ0n) is 23.1. The molecule has 0 aliphatic carbocycles. The third-order valence-electron chi connectivity index (χ3n) is 8.05. The Labute approximate surface area is 254 Å². The van der Waals surface area contributed by atoms with Crippen molar-refractivity contribution in [2.75, 3.05) is 0 Å². The minimum absolute atomic E-state index is 0.165. The van der Waals surface area contributed by atoms with E-state index in [4.69, 9.17) is 16.6 Å². The van der Waals surface area contributed by atoms with Gasteiger partial charge in [0.15, 0.2) is 11.6 Å². The molecule has 0 atom stereocenters. The van der Waals surface area contributed by atoms with E-state index < -0.39 is 0 Å². The molecule has 0 radical (unpaired) electrons. The molecule has 1 aromatic heterocycles. The van der Waals surface area contributed by atoms with E-state index in [2.05, 4.69) is 137 Å². The van der Waals surface area contributed by atoms with E-state index in [1.807, 2.05) is 18.2 Å². The first-order chi connectivity index (χ1) is 21.2. The van der Waals surface area contributed by atoms with Crippen LogP contribution in [0.1, 0.15) is 0 Å². The predicted octanol–water partition coefficient (Wildman–Crippen LogP) is 10.7.